The van der Waals surface area contributed by atoms with Gasteiger partial charge in [-0.25, -0.2) is 0 Å². The van der Waals surface area contributed by atoms with Crippen molar-refractivity contribution >= 4 is 5.91 Å². The van der Waals surface area contributed by atoms with E-state index in [1.807, 2.05) is 6.92 Å². The standard InChI is InChI=1S/C13H19N3O3/c1-10(9-16-4-6-19-7-5-16)15-13(18)11-2-3-12(17)14-8-11/h2-3,8,10H,4-7,9H2,1H3,(H,14,17)(H,15,18)/t10-/m1/s1. The lowest BCUT2D eigenvalue weighted by molar-refractivity contribution is 0.0342. The fourth-order valence-electron chi connectivity index (χ4n) is 2.08. The van der Waals surface area contributed by atoms with Gasteiger partial charge in [0.1, 0.15) is 0 Å². The molecule has 1 amide bonds. The Morgan fingerprint density at radius 1 is 1.47 bits per heavy atom. The molecule has 0 radical (unpaired) electrons. The maximum Gasteiger partial charge on any atom is 0.253 e. The van der Waals surface area contributed by atoms with Crippen molar-refractivity contribution in [1.82, 2.24) is 15.2 Å². The van der Waals surface area contributed by atoms with Gasteiger partial charge in [-0.05, 0) is 13.0 Å². The Balaban J connectivity index is 1.84. The van der Waals surface area contributed by atoms with Gasteiger partial charge in [-0.2, -0.15) is 0 Å². The molecule has 1 aliphatic heterocycles. The number of ether oxygens (including phenoxy) is 1. The topological polar surface area (TPSA) is 74.4 Å². The SMILES string of the molecule is C[C@H](CN1CCOCC1)NC(=O)c1ccc(=O)[nH]c1. The first-order chi connectivity index (χ1) is 9.15. The smallest absolute Gasteiger partial charge is 0.253 e. The summed E-state index contributed by atoms with van der Waals surface area (Å²) in [6.45, 7) is 6.08. The molecule has 2 N–H and O–H groups in total. The molecule has 1 fully saturated rings. The van der Waals surface area contributed by atoms with Crippen LogP contribution in [0.2, 0.25) is 0 Å². The number of carbonyl (C=O) groups is 1. The summed E-state index contributed by atoms with van der Waals surface area (Å²) >= 11 is 0. The van der Waals surface area contributed by atoms with Crippen molar-refractivity contribution in [1.29, 1.82) is 0 Å². The summed E-state index contributed by atoms with van der Waals surface area (Å²) in [5.74, 6) is -0.169. The highest BCUT2D eigenvalue weighted by Crippen LogP contribution is 2.00. The van der Waals surface area contributed by atoms with E-state index in [9.17, 15) is 9.59 Å². The molecule has 1 aromatic rings. The number of nitrogens with zero attached hydrogens (tertiary/aromatic N) is 1. The number of nitrogens with one attached hydrogen (secondary N) is 2. The van der Waals surface area contributed by atoms with E-state index in [1.54, 1.807) is 0 Å². The largest absolute Gasteiger partial charge is 0.379 e. The average Bonchev–Trinajstić information content (AvgIpc) is 2.40. The first-order valence-electron chi connectivity index (χ1n) is 6.45. The number of carbonyl (C=O) groups excluding carboxylic acids is 1. The zero-order valence-corrected chi connectivity index (χ0v) is 11.0. The zero-order chi connectivity index (χ0) is 13.7. The van der Waals surface area contributed by atoms with Crippen molar-refractivity contribution in [2.75, 3.05) is 32.8 Å². The molecule has 0 spiro atoms. The molecular weight excluding hydrogens is 246 g/mol. The van der Waals surface area contributed by atoms with Gasteiger partial charge >= 0.3 is 0 Å². The molecule has 104 valence electrons. The number of pyridine rings is 1. The van der Waals surface area contributed by atoms with Crippen LogP contribution in [0.4, 0.5) is 0 Å². The Morgan fingerprint density at radius 2 is 2.21 bits per heavy atom. The molecule has 1 aliphatic rings. The summed E-state index contributed by atoms with van der Waals surface area (Å²) in [6, 6.07) is 2.93. The van der Waals surface area contributed by atoms with Gasteiger partial charge in [0.15, 0.2) is 0 Å². The Bertz CT molecular complexity index is 460. The van der Waals surface area contributed by atoms with Crippen LogP contribution in [0.1, 0.15) is 17.3 Å². The van der Waals surface area contributed by atoms with Crippen LogP contribution in [0, 0.1) is 0 Å². The average molecular weight is 265 g/mol. The fraction of sp³-hybridized carbons (Fsp3) is 0.538. The van der Waals surface area contributed by atoms with Crippen molar-refractivity contribution < 1.29 is 9.53 Å². The molecule has 1 saturated heterocycles. The molecule has 2 heterocycles. The highest BCUT2D eigenvalue weighted by Gasteiger charge is 2.15. The molecule has 2 rings (SSSR count). The zero-order valence-electron chi connectivity index (χ0n) is 11.0. The van der Waals surface area contributed by atoms with E-state index in [2.05, 4.69) is 15.2 Å². The van der Waals surface area contributed by atoms with Crippen LogP contribution in [-0.2, 0) is 4.74 Å². The first kappa shape index (κ1) is 13.8. The van der Waals surface area contributed by atoms with Crippen LogP contribution in [-0.4, -0.2) is 54.7 Å². The highest BCUT2D eigenvalue weighted by molar-refractivity contribution is 5.93. The van der Waals surface area contributed by atoms with E-state index < -0.39 is 0 Å². The maximum absolute atomic E-state index is 11.9. The molecule has 0 aliphatic carbocycles. The number of H-pyrrole nitrogens is 1. The van der Waals surface area contributed by atoms with E-state index in [-0.39, 0.29) is 17.5 Å². The lowest BCUT2D eigenvalue weighted by Gasteiger charge is -2.29. The molecule has 6 nitrogen and oxygen atoms in total. The minimum atomic E-state index is -0.210. The molecule has 1 aromatic heterocycles. The van der Waals surface area contributed by atoms with Crippen LogP contribution in [0.15, 0.2) is 23.1 Å². The van der Waals surface area contributed by atoms with Gasteiger partial charge in [0, 0.05) is 37.9 Å². The van der Waals surface area contributed by atoms with E-state index in [4.69, 9.17) is 4.74 Å². The van der Waals surface area contributed by atoms with E-state index in [0.29, 0.717) is 5.56 Å². The molecule has 6 heteroatoms. The predicted molar refractivity (Wildman–Crippen MR) is 71.2 cm³/mol. The minimum Gasteiger partial charge on any atom is -0.379 e. The number of aromatic nitrogens is 1. The van der Waals surface area contributed by atoms with Crippen molar-refractivity contribution in [2.24, 2.45) is 0 Å². The van der Waals surface area contributed by atoms with Crippen LogP contribution >= 0.6 is 0 Å². The van der Waals surface area contributed by atoms with Gasteiger partial charge < -0.3 is 15.0 Å². The summed E-state index contributed by atoms with van der Waals surface area (Å²) in [5, 5.41) is 2.92. The Kier molecular flexibility index (Phi) is 4.70. The predicted octanol–water partition coefficient (Wildman–Crippen LogP) is -0.175. The molecule has 0 saturated carbocycles. The van der Waals surface area contributed by atoms with Crippen molar-refractivity contribution in [3.8, 4) is 0 Å². The Morgan fingerprint density at radius 3 is 2.84 bits per heavy atom. The second-order valence-corrected chi connectivity index (χ2v) is 4.73. The Hall–Kier alpha value is -1.66. The number of morpholine rings is 1. The van der Waals surface area contributed by atoms with Crippen LogP contribution < -0.4 is 10.9 Å². The van der Waals surface area contributed by atoms with Gasteiger partial charge in [0.25, 0.3) is 5.91 Å². The Labute approximate surface area is 111 Å². The van der Waals surface area contributed by atoms with Gasteiger partial charge in [-0.3, -0.25) is 14.5 Å². The summed E-state index contributed by atoms with van der Waals surface area (Å²) < 4.78 is 5.28. The quantitative estimate of drug-likeness (QED) is 0.792. The van der Waals surface area contributed by atoms with Crippen molar-refractivity contribution in [2.45, 2.75) is 13.0 Å². The summed E-state index contributed by atoms with van der Waals surface area (Å²) in [4.78, 5) is 27.6. The van der Waals surface area contributed by atoms with Gasteiger partial charge in [0.05, 0.1) is 18.8 Å². The number of aromatic amines is 1. The molecular formula is C13H19N3O3. The number of rotatable bonds is 4. The van der Waals surface area contributed by atoms with E-state index >= 15 is 0 Å². The van der Waals surface area contributed by atoms with Crippen LogP contribution in [0.25, 0.3) is 0 Å². The maximum atomic E-state index is 11.9. The second-order valence-electron chi connectivity index (χ2n) is 4.73. The summed E-state index contributed by atoms with van der Waals surface area (Å²) in [7, 11) is 0. The number of amides is 1. The van der Waals surface area contributed by atoms with Gasteiger partial charge in [-0.1, -0.05) is 0 Å². The van der Waals surface area contributed by atoms with Crippen LogP contribution in [0.5, 0.6) is 0 Å². The van der Waals surface area contributed by atoms with Gasteiger partial charge in [-0.15, -0.1) is 0 Å². The first-order valence-corrected chi connectivity index (χ1v) is 6.45. The third-order valence-corrected chi connectivity index (χ3v) is 3.06. The fourth-order valence-corrected chi connectivity index (χ4v) is 2.08. The molecule has 19 heavy (non-hydrogen) atoms. The normalized spacial score (nSPS) is 17.9. The molecule has 1 atom stereocenters. The van der Waals surface area contributed by atoms with E-state index in [0.717, 1.165) is 32.8 Å². The third-order valence-electron chi connectivity index (χ3n) is 3.06. The number of hydrogen-bond acceptors (Lipinski definition) is 4. The van der Waals surface area contributed by atoms with Crippen molar-refractivity contribution in [3.05, 3.63) is 34.2 Å². The lowest BCUT2D eigenvalue weighted by Crippen LogP contribution is -2.46. The number of hydrogen-bond donors (Lipinski definition) is 2. The summed E-state index contributed by atoms with van der Waals surface area (Å²) in [5.41, 5.74) is 0.256. The van der Waals surface area contributed by atoms with E-state index in [1.165, 1.54) is 18.3 Å². The monoisotopic (exact) mass is 265 g/mol. The highest BCUT2D eigenvalue weighted by atomic mass is 16.5. The second kappa shape index (κ2) is 6.49. The minimum absolute atomic E-state index is 0.0533. The molecule has 0 bridgehead atoms. The summed E-state index contributed by atoms with van der Waals surface area (Å²) in [6.07, 6.45) is 1.43. The molecule has 0 aromatic carbocycles. The van der Waals surface area contributed by atoms with Gasteiger partial charge in [0.2, 0.25) is 5.56 Å². The lowest BCUT2D eigenvalue weighted by atomic mass is 10.2. The van der Waals surface area contributed by atoms with Crippen molar-refractivity contribution in [3.63, 3.8) is 0 Å². The third kappa shape index (κ3) is 4.18. The molecule has 0 unspecified atom stereocenters. The van der Waals surface area contributed by atoms with Crippen LogP contribution in [0.3, 0.4) is 0 Å².